The Morgan fingerprint density at radius 2 is 1.84 bits per heavy atom. The summed E-state index contributed by atoms with van der Waals surface area (Å²) >= 11 is 0. The average Bonchev–Trinajstić information content (AvgIpc) is 3.11. The second-order valence-electron chi connectivity index (χ2n) is 7.45. The predicted molar refractivity (Wildman–Crippen MR) is 81.3 cm³/mol. The van der Waals surface area contributed by atoms with Gasteiger partial charge >= 0.3 is 0 Å². The minimum atomic E-state index is 0.782. The largest absolute Gasteiger partial charge is 0.312 e. The lowest BCUT2D eigenvalue weighted by Crippen LogP contribution is -2.51. The molecule has 0 radical (unpaired) electrons. The minimum absolute atomic E-state index is 0.782. The fraction of sp³-hybridized carbons (Fsp3) is 1.00. The van der Waals surface area contributed by atoms with Crippen LogP contribution in [0.1, 0.15) is 58.3 Å². The Balaban J connectivity index is 1.45. The van der Waals surface area contributed by atoms with Gasteiger partial charge in [0.2, 0.25) is 0 Å². The van der Waals surface area contributed by atoms with Crippen LogP contribution >= 0.6 is 0 Å². The zero-order valence-corrected chi connectivity index (χ0v) is 12.7. The number of nitrogens with zero attached hydrogens (tertiary/aromatic N) is 1. The maximum Gasteiger partial charge on any atom is 0.0198 e. The molecule has 1 N–H and O–H groups in total. The van der Waals surface area contributed by atoms with Gasteiger partial charge in [0.05, 0.1) is 0 Å². The van der Waals surface area contributed by atoms with Gasteiger partial charge in [0.1, 0.15) is 0 Å². The topological polar surface area (TPSA) is 15.3 Å². The second-order valence-corrected chi connectivity index (χ2v) is 7.45. The molecule has 110 valence electrons. The van der Waals surface area contributed by atoms with Crippen molar-refractivity contribution in [1.82, 2.24) is 10.2 Å². The molecule has 0 spiro atoms. The van der Waals surface area contributed by atoms with E-state index in [0.717, 1.165) is 23.8 Å². The SMILES string of the molecule is CCCC1CC(NCC2CCC2)CN(CC2CC2)C1. The van der Waals surface area contributed by atoms with Crippen LogP contribution in [-0.4, -0.2) is 37.1 Å². The molecule has 1 saturated heterocycles. The summed E-state index contributed by atoms with van der Waals surface area (Å²) in [6.45, 7) is 7.73. The molecular formula is C17H32N2. The third-order valence-electron chi connectivity index (χ3n) is 5.44. The Labute approximate surface area is 119 Å². The van der Waals surface area contributed by atoms with Crippen LogP contribution in [0.2, 0.25) is 0 Å². The van der Waals surface area contributed by atoms with Gasteiger partial charge < -0.3 is 10.2 Å². The van der Waals surface area contributed by atoms with Crippen LogP contribution in [0.15, 0.2) is 0 Å². The number of piperidine rings is 1. The zero-order valence-electron chi connectivity index (χ0n) is 12.7. The third kappa shape index (κ3) is 4.19. The van der Waals surface area contributed by atoms with E-state index < -0.39 is 0 Å². The molecule has 0 aromatic heterocycles. The van der Waals surface area contributed by atoms with Crippen molar-refractivity contribution in [2.75, 3.05) is 26.2 Å². The van der Waals surface area contributed by atoms with Gasteiger partial charge in [-0.2, -0.15) is 0 Å². The number of rotatable bonds is 7. The predicted octanol–water partition coefficient (Wildman–Crippen LogP) is 3.28. The minimum Gasteiger partial charge on any atom is -0.312 e. The summed E-state index contributed by atoms with van der Waals surface area (Å²) in [5.41, 5.74) is 0. The Hall–Kier alpha value is -0.0800. The van der Waals surface area contributed by atoms with Crippen LogP contribution in [0.25, 0.3) is 0 Å². The van der Waals surface area contributed by atoms with Crippen molar-refractivity contribution in [1.29, 1.82) is 0 Å². The fourth-order valence-corrected chi connectivity index (χ4v) is 3.91. The molecular weight excluding hydrogens is 232 g/mol. The molecule has 0 bridgehead atoms. The molecule has 3 rings (SSSR count). The normalized spacial score (nSPS) is 33.3. The van der Waals surface area contributed by atoms with Gasteiger partial charge in [-0.1, -0.05) is 19.8 Å². The summed E-state index contributed by atoms with van der Waals surface area (Å²) < 4.78 is 0. The Morgan fingerprint density at radius 1 is 1.00 bits per heavy atom. The van der Waals surface area contributed by atoms with Gasteiger partial charge in [0.15, 0.2) is 0 Å². The molecule has 19 heavy (non-hydrogen) atoms. The lowest BCUT2D eigenvalue weighted by atomic mass is 9.84. The Kier molecular flexibility index (Phi) is 4.81. The van der Waals surface area contributed by atoms with Gasteiger partial charge in [-0.25, -0.2) is 0 Å². The molecule has 0 aromatic rings. The highest BCUT2D eigenvalue weighted by atomic mass is 15.2. The van der Waals surface area contributed by atoms with Crippen LogP contribution < -0.4 is 5.32 Å². The summed E-state index contributed by atoms with van der Waals surface area (Å²) in [6.07, 6.45) is 11.6. The van der Waals surface area contributed by atoms with Crippen molar-refractivity contribution in [3.8, 4) is 0 Å². The quantitative estimate of drug-likeness (QED) is 0.759. The van der Waals surface area contributed by atoms with Crippen molar-refractivity contribution in [3.63, 3.8) is 0 Å². The smallest absolute Gasteiger partial charge is 0.0198 e. The average molecular weight is 264 g/mol. The van der Waals surface area contributed by atoms with Crippen LogP contribution in [0.5, 0.6) is 0 Å². The van der Waals surface area contributed by atoms with E-state index in [-0.39, 0.29) is 0 Å². The first-order chi connectivity index (χ1) is 9.33. The molecule has 2 aliphatic carbocycles. The van der Waals surface area contributed by atoms with Gasteiger partial charge in [0, 0.05) is 25.7 Å². The fourth-order valence-electron chi connectivity index (χ4n) is 3.91. The summed E-state index contributed by atoms with van der Waals surface area (Å²) in [5.74, 6) is 3.01. The van der Waals surface area contributed by atoms with E-state index in [1.165, 1.54) is 77.5 Å². The third-order valence-corrected chi connectivity index (χ3v) is 5.44. The first-order valence-corrected chi connectivity index (χ1v) is 8.79. The van der Waals surface area contributed by atoms with Gasteiger partial charge in [-0.3, -0.25) is 0 Å². The first kappa shape index (κ1) is 13.9. The van der Waals surface area contributed by atoms with E-state index >= 15 is 0 Å². The highest BCUT2D eigenvalue weighted by Gasteiger charge is 2.31. The molecule has 2 heteroatoms. The van der Waals surface area contributed by atoms with Gasteiger partial charge in [-0.05, 0) is 62.8 Å². The summed E-state index contributed by atoms with van der Waals surface area (Å²) in [4.78, 5) is 2.78. The molecule has 3 fully saturated rings. The van der Waals surface area contributed by atoms with Crippen LogP contribution in [-0.2, 0) is 0 Å². The molecule has 1 heterocycles. The molecule has 0 aromatic carbocycles. The van der Waals surface area contributed by atoms with Gasteiger partial charge in [-0.15, -0.1) is 0 Å². The number of likely N-dealkylation sites (tertiary alicyclic amines) is 1. The van der Waals surface area contributed by atoms with E-state index in [1.807, 2.05) is 0 Å². The van der Waals surface area contributed by atoms with Crippen molar-refractivity contribution >= 4 is 0 Å². The van der Waals surface area contributed by atoms with E-state index in [9.17, 15) is 0 Å². The molecule has 2 unspecified atom stereocenters. The Bertz CT molecular complexity index is 270. The highest BCUT2D eigenvalue weighted by Crippen LogP contribution is 2.32. The molecule has 2 nitrogen and oxygen atoms in total. The van der Waals surface area contributed by atoms with E-state index in [0.29, 0.717) is 0 Å². The first-order valence-electron chi connectivity index (χ1n) is 8.79. The van der Waals surface area contributed by atoms with Crippen LogP contribution in [0.4, 0.5) is 0 Å². The lowest BCUT2D eigenvalue weighted by molar-refractivity contribution is 0.125. The number of hydrogen-bond acceptors (Lipinski definition) is 2. The molecule has 0 amide bonds. The highest BCUT2D eigenvalue weighted by molar-refractivity contribution is 4.87. The summed E-state index contributed by atoms with van der Waals surface area (Å²) in [5, 5.41) is 3.89. The summed E-state index contributed by atoms with van der Waals surface area (Å²) in [6, 6.07) is 0.782. The Morgan fingerprint density at radius 3 is 2.47 bits per heavy atom. The molecule has 1 aliphatic heterocycles. The van der Waals surface area contributed by atoms with Gasteiger partial charge in [0.25, 0.3) is 0 Å². The molecule has 2 atom stereocenters. The molecule has 3 aliphatic rings. The monoisotopic (exact) mass is 264 g/mol. The lowest BCUT2D eigenvalue weighted by Gasteiger charge is -2.39. The van der Waals surface area contributed by atoms with Crippen LogP contribution in [0, 0.1) is 17.8 Å². The van der Waals surface area contributed by atoms with E-state index in [1.54, 1.807) is 0 Å². The zero-order chi connectivity index (χ0) is 13.1. The van der Waals surface area contributed by atoms with E-state index in [2.05, 4.69) is 17.1 Å². The maximum absolute atomic E-state index is 3.89. The van der Waals surface area contributed by atoms with Crippen molar-refractivity contribution in [3.05, 3.63) is 0 Å². The summed E-state index contributed by atoms with van der Waals surface area (Å²) in [7, 11) is 0. The van der Waals surface area contributed by atoms with Crippen LogP contribution in [0.3, 0.4) is 0 Å². The van der Waals surface area contributed by atoms with Crippen molar-refractivity contribution in [2.45, 2.75) is 64.3 Å². The maximum atomic E-state index is 3.89. The number of hydrogen-bond donors (Lipinski definition) is 1. The van der Waals surface area contributed by atoms with E-state index in [4.69, 9.17) is 0 Å². The standard InChI is InChI=1S/C17H32N2/c1-2-4-16-9-17(18-10-14-5-3-6-14)13-19(12-16)11-15-7-8-15/h14-18H,2-13H2,1H3. The van der Waals surface area contributed by atoms with Crippen molar-refractivity contribution in [2.24, 2.45) is 17.8 Å². The molecule has 2 saturated carbocycles. The van der Waals surface area contributed by atoms with Crippen molar-refractivity contribution < 1.29 is 0 Å². The second kappa shape index (κ2) is 6.58. The number of nitrogens with one attached hydrogen (secondary N) is 1.